The Labute approximate surface area is 120 Å². The van der Waals surface area contributed by atoms with Crippen molar-refractivity contribution in [1.29, 1.82) is 0 Å². The number of carbonyl (C=O) groups excluding carboxylic acids is 2. The van der Waals surface area contributed by atoms with Crippen molar-refractivity contribution in [2.24, 2.45) is 0 Å². The first kappa shape index (κ1) is 16.9. The number of hydrogen-bond donors (Lipinski definition) is 1. The Morgan fingerprint density at radius 1 is 1.20 bits per heavy atom. The number of hydrogen-bond acceptors (Lipinski definition) is 4. The molecule has 1 N–H and O–H groups in total. The molecule has 1 unspecified atom stereocenters. The fourth-order valence-electron chi connectivity index (χ4n) is 2.24. The third-order valence-electron chi connectivity index (χ3n) is 3.94. The van der Waals surface area contributed by atoms with Gasteiger partial charge in [-0.25, -0.2) is 8.42 Å². The highest BCUT2D eigenvalue weighted by atomic mass is 32.2. The van der Waals surface area contributed by atoms with Crippen molar-refractivity contribution in [1.82, 2.24) is 10.2 Å². The van der Waals surface area contributed by atoms with Crippen LogP contribution < -0.4 is 5.32 Å². The lowest BCUT2D eigenvalue weighted by Crippen LogP contribution is -2.73. The van der Waals surface area contributed by atoms with E-state index < -0.39 is 20.9 Å². The molecule has 0 aromatic rings. The Bertz CT molecular complexity index is 512. The zero-order valence-electron chi connectivity index (χ0n) is 12.8. The average molecular weight is 304 g/mol. The largest absolute Gasteiger partial charge is 0.340 e. The summed E-state index contributed by atoms with van der Waals surface area (Å²) in [4.78, 5) is 26.2. The number of sulfone groups is 1. The molecular formula is C13H24N2O4S. The minimum absolute atomic E-state index is 0.0112. The third-order valence-corrected chi connectivity index (χ3v) is 4.97. The summed E-state index contributed by atoms with van der Waals surface area (Å²) in [5.41, 5.74) is -1.86. The molecule has 1 fully saturated rings. The standard InChI is InChI=1S/C13H24N2O4S/c1-6-13(4)11(17)15(8-7-9-20(5,18)19)12(2,3)10(16)14-13/h6-9H2,1-5H3,(H,14,16). The highest BCUT2D eigenvalue weighted by Crippen LogP contribution is 2.28. The van der Waals surface area contributed by atoms with E-state index in [0.717, 1.165) is 0 Å². The Balaban J connectivity index is 2.93. The monoisotopic (exact) mass is 304 g/mol. The van der Waals surface area contributed by atoms with Crippen LogP contribution in [0, 0.1) is 0 Å². The van der Waals surface area contributed by atoms with Crippen molar-refractivity contribution in [3.05, 3.63) is 0 Å². The average Bonchev–Trinajstić information content (AvgIpc) is 2.30. The molecule has 0 spiro atoms. The van der Waals surface area contributed by atoms with Crippen LogP contribution in [0.4, 0.5) is 0 Å². The lowest BCUT2D eigenvalue weighted by atomic mass is 9.86. The zero-order valence-corrected chi connectivity index (χ0v) is 13.6. The zero-order chi connectivity index (χ0) is 15.8. The van der Waals surface area contributed by atoms with Gasteiger partial charge in [0.05, 0.1) is 5.75 Å². The molecule has 6 nitrogen and oxygen atoms in total. The van der Waals surface area contributed by atoms with Gasteiger partial charge in [-0.1, -0.05) is 6.92 Å². The molecule has 1 atom stereocenters. The molecule has 0 bridgehead atoms. The number of nitrogens with zero attached hydrogens (tertiary/aromatic N) is 1. The van der Waals surface area contributed by atoms with Gasteiger partial charge in [-0.15, -0.1) is 0 Å². The van der Waals surface area contributed by atoms with Crippen LogP contribution in [-0.4, -0.2) is 54.8 Å². The molecule has 1 rings (SSSR count). The van der Waals surface area contributed by atoms with E-state index in [9.17, 15) is 18.0 Å². The third kappa shape index (κ3) is 3.31. The summed E-state index contributed by atoms with van der Waals surface area (Å²) >= 11 is 0. The second-order valence-corrected chi connectivity index (χ2v) is 8.40. The lowest BCUT2D eigenvalue weighted by molar-refractivity contribution is -0.160. The molecule has 1 aliphatic heterocycles. The summed E-state index contributed by atoms with van der Waals surface area (Å²) in [5, 5.41) is 2.77. The summed E-state index contributed by atoms with van der Waals surface area (Å²) < 4.78 is 22.4. The van der Waals surface area contributed by atoms with E-state index in [4.69, 9.17) is 0 Å². The van der Waals surface area contributed by atoms with Crippen LogP contribution in [0.5, 0.6) is 0 Å². The van der Waals surface area contributed by atoms with Gasteiger partial charge in [0.1, 0.15) is 20.9 Å². The second kappa shape index (κ2) is 5.35. The number of nitrogens with one attached hydrogen (secondary N) is 1. The van der Waals surface area contributed by atoms with E-state index in [2.05, 4.69) is 5.32 Å². The number of carbonyl (C=O) groups is 2. The summed E-state index contributed by atoms with van der Waals surface area (Å²) in [6, 6.07) is 0. The summed E-state index contributed by atoms with van der Waals surface area (Å²) in [5.74, 6) is -0.351. The van der Waals surface area contributed by atoms with Crippen molar-refractivity contribution in [2.45, 2.75) is 51.6 Å². The molecule has 2 amide bonds. The minimum atomic E-state index is -3.07. The quantitative estimate of drug-likeness (QED) is 0.793. The van der Waals surface area contributed by atoms with Crippen LogP contribution in [0.25, 0.3) is 0 Å². The van der Waals surface area contributed by atoms with Gasteiger partial charge in [0.25, 0.3) is 0 Å². The van der Waals surface area contributed by atoms with E-state index >= 15 is 0 Å². The molecule has 1 saturated heterocycles. The predicted octanol–water partition coefficient (Wildman–Crippen LogP) is 0.327. The van der Waals surface area contributed by atoms with Gasteiger partial charge < -0.3 is 10.2 Å². The maximum atomic E-state index is 12.6. The molecule has 116 valence electrons. The van der Waals surface area contributed by atoms with E-state index in [1.165, 1.54) is 11.2 Å². The van der Waals surface area contributed by atoms with Crippen molar-refractivity contribution < 1.29 is 18.0 Å². The van der Waals surface area contributed by atoms with Crippen LogP contribution in [-0.2, 0) is 19.4 Å². The minimum Gasteiger partial charge on any atom is -0.340 e. The molecule has 1 heterocycles. The van der Waals surface area contributed by atoms with Crippen molar-refractivity contribution in [3.63, 3.8) is 0 Å². The van der Waals surface area contributed by atoms with Crippen LogP contribution in [0.2, 0.25) is 0 Å². The van der Waals surface area contributed by atoms with Crippen LogP contribution >= 0.6 is 0 Å². The highest BCUT2D eigenvalue weighted by molar-refractivity contribution is 7.90. The fourth-order valence-corrected chi connectivity index (χ4v) is 2.89. The SMILES string of the molecule is CCC1(C)NC(=O)C(C)(C)N(CCCS(C)(=O)=O)C1=O. The number of rotatable bonds is 5. The van der Waals surface area contributed by atoms with Crippen LogP contribution in [0.3, 0.4) is 0 Å². The van der Waals surface area contributed by atoms with Gasteiger partial charge in [-0.2, -0.15) is 0 Å². The predicted molar refractivity (Wildman–Crippen MR) is 77.0 cm³/mol. The van der Waals surface area contributed by atoms with E-state index in [-0.39, 0.29) is 24.1 Å². The van der Waals surface area contributed by atoms with Gasteiger partial charge in [0, 0.05) is 12.8 Å². The van der Waals surface area contributed by atoms with Gasteiger partial charge in [0.15, 0.2) is 0 Å². The Hall–Kier alpha value is -1.11. The molecule has 20 heavy (non-hydrogen) atoms. The topological polar surface area (TPSA) is 83.6 Å². The number of piperazine rings is 1. The van der Waals surface area contributed by atoms with Crippen LogP contribution in [0.15, 0.2) is 0 Å². The first-order valence-electron chi connectivity index (χ1n) is 6.76. The Kier molecular flexibility index (Phi) is 4.53. The highest BCUT2D eigenvalue weighted by Gasteiger charge is 2.51. The van der Waals surface area contributed by atoms with Gasteiger partial charge in [0.2, 0.25) is 11.8 Å². The molecule has 1 aliphatic rings. The van der Waals surface area contributed by atoms with Gasteiger partial charge in [-0.05, 0) is 33.6 Å². The van der Waals surface area contributed by atoms with E-state index in [0.29, 0.717) is 12.8 Å². The summed E-state index contributed by atoms with van der Waals surface area (Å²) in [6.07, 6.45) is 2.00. The summed E-state index contributed by atoms with van der Waals surface area (Å²) in [7, 11) is -3.07. The first-order chi connectivity index (χ1) is 8.94. The van der Waals surface area contributed by atoms with Crippen molar-refractivity contribution in [3.8, 4) is 0 Å². The van der Waals surface area contributed by atoms with Crippen LogP contribution in [0.1, 0.15) is 40.5 Å². The normalized spacial score (nSPS) is 26.6. The van der Waals surface area contributed by atoms with Gasteiger partial charge >= 0.3 is 0 Å². The smallest absolute Gasteiger partial charge is 0.248 e. The lowest BCUT2D eigenvalue weighted by Gasteiger charge is -2.48. The molecular weight excluding hydrogens is 280 g/mol. The van der Waals surface area contributed by atoms with Gasteiger partial charge in [-0.3, -0.25) is 9.59 Å². The fraction of sp³-hybridized carbons (Fsp3) is 0.846. The number of amides is 2. The summed E-state index contributed by atoms with van der Waals surface area (Å²) in [6.45, 7) is 7.16. The molecule has 0 aliphatic carbocycles. The second-order valence-electron chi connectivity index (χ2n) is 6.14. The molecule has 0 radical (unpaired) electrons. The Morgan fingerprint density at radius 2 is 1.75 bits per heavy atom. The molecule has 7 heteroatoms. The van der Waals surface area contributed by atoms with E-state index in [1.807, 2.05) is 6.92 Å². The van der Waals surface area contributed by atoms with Crippen molar-refractivity contribution in [2.75, 3.05) is 18.6 Å². The first-order valence-corrected chi connectivity index (χ1v) is 8.82. The molecule has 0 aromatic heterocycles. The molecule has 0 aromatic carbocycles. The Morgan fingerprint density at radius 3 is 2.20 bits per heavy atom. The molecule has 0 saturated carbocycles. The van der Waals surface area contributed by atoms with E-state index in [1.54, 1.807) is 20.8 Å². The maximum Gasteiger partial charge on any atom is 0.248 e. The maximum absolute atomic E-state index is 12.6. The van der Waals surface area contributed by atoms with Crippen molar-refractivity contribution >= 4 is 21.7 Å².